The number of carbonyl (C=O) groups is 1. The number of nitrogens with one attached hydrogen (secondary N) is 2. The van der Waals surface area contributed by atoms with E-state index in [-0.39, 0.29) is 24.4 Å². The van der Waals surface area contributed by atoms with E-state index in [9.17, 15) is 9.90 Å². The lowest BCUT2D eigenvalue weighted by Gasteiger charge is -2.08. The van der Waals surface area contributed by atoms with Gasteiger partial charge in [0.2, 0.25) is 5.91 Å². The molecule has 3 N–H and O–H groups in total. The standard InChI is InChI=1S/C14H21N3O2S.ClH/c18-9-7-11(15-8-9)13(19)17-14-16-10-5-3-1-2-4-6-12(10)20-14;/h9,11,15,18H,1-8H2,(H,16,17,19);1H. The molecule has 2 aliphatic rings. The van der Waals surface area contributed by atoms with Crippen LogP contribution in [0, 0.1) is 0 Å². The Morgan fingerprint density at radius 2 is 2.05 bits per heavy atom. The fourth-order valence-electron chi connectivity index (χ4n) is 2.87. The first-order valence-electron chi connectivity index (χ1n) is 7.43. The number of aryl methyl sites for hydroxylation is 2. The average Bonchev–Trinajstić information content (AvgIpc) is 2.97. The van der Waals surface area contributed by atoms with Gasteiger partial charge in [0, 0.05) is 11.4 Å². The first-order valence-corrected chi connectivity index (χ1v) is 8.25. The van der Waals surface area contributed by atoms with Crippen LogP contribution in [0.3, 0.4) is 0 Å². The zero-order valence-electron chi connectivity index (χ0n) is 11.9. The Morgan fingerprint density at radius 3 is 2.76 bits per heavy atom. The van der Waals surface area contributed by atoms with Crippen molar-refractivity contribution in [1.82, 2.24) is 10.3 Å². The third-order valence-corrected chi connectivity index (χ3v) is 5.07. The molecule has 0 aromatic carbocycles. The van der Waals surface area contributed by atoms with Gasteiger partial charge >= 0.3 is 0 Å². The highest BCUT2D eigenvalue weighted by Crippen LogP contribution is 2.28. The van der Waals surface area contributed by atoms with Crippen molar-refractivity contribution in [3.05, 3.63) is 10.6 Å². The lowest BCUT2D eigenvalue weighted by molar-refractivity contribution is -0.117. The van der Waals surface area contributed by atoms with Crippen LogP contribution in [0.5, 0.6) is 0 Å². The third-order valence-electron chi connectivity index (χ3n) is 4.00. The van der Waals surface area contributed by atoms with Crippen LogP contribution in [0.15, 0.2) is 0 Å². The molecule has 1 aromatic rings. The van der Waals surface area contributed by atoms with E-state index in [4.69, 9.17) is 0 Å². The molecule has 2 heterocycles. The van der Waals surface area contributed by atoms with Crippen LogP contribution in [-0.4, -0.2) is 34.7 Å². The van der Waals surface area contributed by atoms with Crippen molar-refractivity contribution in [2.24, 2.45) is 0 Å². The molecule has 0 radical (unpaired) electrons. The molecule has 2 unspecified atom stereocenters. The van der Waals surface area contributed by atoms with E-state index in [0.29, 0.717) is 18.1 Å². The Kier molecular flexibility index (Phi) is 5.98. The minimum absolute atomic E-state index is 0. The molecule has 0 bridgehead atoms. The highest BCUT2D eigenvalue weighted by Gasteiger charge is 2.28. The molecule has 7 heteroatoms. The van der Waals surface area contributed by atoms with Gasteiger partial charge in [-0.1, -0.05) is 12.8 Å². The normalized spacial score (nSPS) is 25.4. The third kappa shape index (κ3) is 4.16. The molecular formula is C14H22ClN3O2S. The lowest BCUT2D eigenvalue weighted by Crippen LogP contribution is -2.35. The number of hydrogen-bond acceptors (Lipinski definition) is 5. The predicted octanol–water partition coefficient (Wildman–Crippen LogP) is 1.89. The fraction of sp³-hybridized carbons (Fsp3) is 0.714. The number of amides is 1. The molecule has 118 valence electrons. The number of anilines is 1. The zero-order valence-corrected chi connectivity index (χ0v) is 13.6. The second-order valence-electron chi connectivity index (χ2n) is 5.64. The summed E-state index contributed by atoms with van der Waals surface area (Å²) < 4.78 is 0. The summed E-state index contributed by atoms with van der Waals surface area (Å²) in [7, 11) is 0. The fourth-order valence-corrected chi connectivity index (χ4v) is 3.92. The Hall–Kier alpha value is -0.690. The second kappa shape index (κ2) is 7.54. The maximum Gasteiger partial charge on any atom is 0.243 e. The number of rotatable bonds is 2. The molecule has 1 amide bonds. The number of nitrogens with zero attached hydrogens (tertiary/aromatic N) is 1. The first-order chi connectivity index (χ1) is 9.72. The maximum absolute atomic E-state index is 12.1. The molecule has 5 nitrogen and oxygen atoms in total. The zero-order chi connectivity index (χ0) is 13.9. The summed E-state index contributed by atoms with van der Waals surface area (Å²) in [6.07, 6.45) is 7.18. The topological polar surface area (TPSA) is 74.2 Å². The van der Waals surface area contributed by atoms with E-state index in [1.54, 1.807) is 11.3 Å². The van der Waals surface area contributed by atoms with E-state index in [1.165, 1.54) is 36.3 Å². The molecule has 1 aliphatic carbocycles. The highest BCUT2D eigenvalue weighted by molar-refractivity contribution is 7.15. The minimum Gasteiger partial charge on any atom is -0.392 e. The molecular weight excluding hydrogens is 310 g/mol. The number of carbonyl (C=O) groups excluding carboxylic acids is 1. The van der Waals surface area contributed by atoms with E-state index in [2.05, 4.69) is 15.6 Å². The molecule has 1 aliphatic heterocycles. The maximum atomic E-state index is 12.1. The number of aliphatic hydroxyl groups excluding tert-OH is 1. The monoisotopic (exact) mass is 331 g/mol. The molecule has 1 saturated heterocycles. The number of β-amino-alcohol motifs (C(OH)–C–C–N with tert-alkyl or cyclic N) is 1. The van der Waals surface area contributed by atoms with Crippen molar-refractivity contribution in [3.63, 3.8) is 0 Å². The van der Waals surface area contributed by atoms with E-state index in [0.717, 1.165) is 12.8 Å². The molecule has 1 aromatic heterocycles. The Bertz CT molecular complexity index is 469. The summed E-state index contributed by atoms with van der Waals surface area (Å²) in [4.78, 5) is 18.0. The number of halogens is 1. The number of fused-ring (bicyclic) bond motifs is 1. The molecule has 3 rings (SSSR count). The van der Waals surface area contributed by atoms with Gasteiger partial charge in [0.1, 0.15) is 0 Å². The van der Waals surface area contributed by atoms with Crippen molar-refractivity contribution >= 4 is 34.8 Å². The summed E-state index contributed by atoms with van der Waals surface area (Å²) in [6.45, 7) is 0.493. The van der Waals surface area contributed by atoms with Crippen molar-refractivity contribution < 1.29 is 9.90 Å². The summed E-state index contributed by atoms with van der Waals surface area (Å²) in [5.41, 5.74) is 1.17. The van der Waals surface area contributed by atoms with E-state index >= 15 is 0 Å². The van der Waals surface area contributed by atoms with Crippen molar-refractivity contribution in [2.45, 2.75) is 57.1 Å². The number of aromatic nitrogens is 1. The van der Waals surface area contributed by atoms with Crippen molar-refractivity contribution in [2.75, 3.05) is 11.9 Å². The largest absolute Gasteiger partial charge is 0.392 e. The van der Waals surface area contributed by atoms with Crippen molar-refractivity contribution in [1.29, 1.82) is 0 Å². The smallest absolute Gasteiger partial charge is 0.243 e. The van der Waals surface area contributed by atoms with E-state index in [1.807, 2.05) is 0 Å². The van der Waals surface area contributed by atoms with Gasteiger partial charge in [-0.3, -0.25) is 4.79 Å². The Morgan fingerprint density at radius 1 is 1.29 bits per heavy atom. The van der Waals surface area contributed by atoms with Gasteiger partial charge in [-0.05, 0) is 32.1 Å². The quantitative estimate of drug-likeness (QED) is 0.773. The van der Waals surface area contributed by atoms with Gasteiger partial charge in [0.05, 0.1) is 17.8 Å². The van der Waals surface area contributed by atoms with Gasteiger partial charge < -0.3 is 15.7 Å². The summed E-state index contributed by atoms with van der Waals surface area (Å²) >= 11 is 1.61. The second-order valence-corrected chi connectivity index (χ2v) is 6.73. The van der Waals surface area contributed by atoms with Gasteiger partial charge in [0.15, 0.2) is 5.13 Å². The predicted molar refractivity (Wildman–Crippen MR) is 86.3 cm³/mol. The molecule has 0 spiro atoms. The SMILES string of the molecule is Cl.O=C(Nc1nc2c(s1)CCCCCC2)C1CC(O)CN1. The molecule has 0 saturated carbocycles. The molecule has 21 heavy (non-hydrogen) atoms. The summed E-state index contributed by atoms with van der Waals surface area (Å²) in [5, 5.41) is 16.1. The average molecular weight is 332 g/mol. The van der Waals surface area contributed by atoms with Gasteiger partial charge in [0.25, 0.3) is 0 Å². The van der Waals surface area contributed by atoms with Crippen LogP contribution < -0.4 is 10.6 Å². The number of aliphatic hydroxyl groups is 1. The van der Waals surface area contributed by atoms with Gasteiger partial charge in [-0.15, -0.1) is 23.7 Å². The summed E-state index contributed by atoms with van der Waals surface area (Å²) in [6, 6.07) is -0.295. The Balaban J connectivity index is 0.00000161. The number of thiazole rings is 1. The van der Waals surface area contributed by atoms with Crippen molar-refractivity contribution in [3.8, 4) is 0 Å². The van der Waals surface area contributed by atoms with Crippen LogP contribution in [0.1, 0.15) is 42.7 Å². The minimum atomic E-state index is -0.415. The molecule has 2 atom stereocenters. The van der Waals surface area contributed by atoms with Crippen LogP contribution in [-0.2, 0) is 17.6 Å². The Labute approximate surface area is 135 Å². The van der Waals surface area contributed by atoms with E-state index < -0.39 is 6.10 Å². The summed E-state index contributed by atoms with van der Waals surface area (Å²) in [5.74, 6) is -0.0803. The highest BCUT2D eigenvalue weighted by atomic mass is 35.5. The van der Waals surface area contributed by atoms with Crippen LogP contribution in [0.2, 0.25) is 0 Å². The van der Waals surface area contributed by atoms with Crippen LogP contribution in [0.4, 0.5) is 5.13 Å². The first kappa shape index (κ1) is 16.7. The van der Waals surface area contributed by atoms with Gasteiger partial charge in [-0.2, -0.15) is 0 Å². The lowest BCUT2D eigenvalue weighted by atomic mass is 10.0. The van der Waals surface area contributed by atoms with Gasteiger partial charge in [-0.25, -0.2) is 4.98 Å². The number of hydrogen-bond donors (Lipinski definition) is 3. The molecule has 1 fully saturated rings. The van der Waals surface area contributed by atoms with Crippen LogP contribution >= 0.6 is 23.7 Å². The van der Waals surface area contributed by atoms with Crippen LogP contribution in [0.25, 0.3) is 0 Å².